The number of halogens is 2. The molecule has 21 heavy (non-hydrogen) atoms. The molecular formula is C15H12ClFN4. The van der Waals surface area contributed by atoms with Gasteiger partial charge in [0.25, 0.3) is 0 Å². The van der Waals surface area contributed by atoms with Crippen LogP contribution in [0.1, 0.15) is 5.56 Å². The predicted molar refractivity (Wildman–Crippen MR) is 80.4 cm³/mol. The van der Waals surface area contributed by atoms with Crippen molar-refractivity contribution in [2.75, 3.05) is 5.73 Å². The second-order valence-electron chi connectivity index (χ2n) is 4.62. The van der Waals surface area contributed by atoms with E-state index < -0.39 is 0 Å². The molecule has 0 radical (unpaired) electrons. The van der Waals surface area contributed by atoms with Gasteiger partial charge in [-0.25, -0.2) is 14.1 Å². The minimum Gasteiger partial charge on any atom is -0.399 e. The van der Waals surface area contributed by atoms with Gasteiger partial charge in [0.05, 0.1) is 6.54 Å². The van der Waals surface area contributed by atoms with Gasteiger partial charge in [-0.05, 0) is 42.5 Å². The van der Waals surface area contributed by atoms with E-state index in [9.17, 15) is 4.39 Å². The zero-order valence-corrected chi connectivity index (χ0v) is 11.8. The molecule has 0 fully saturated rings. The maximum absolute atomic E-state index is 13.7. The Morgan fingerprint density at radius 1 is 1.14 bits per heavy atom. The standard InChI is InChI=1S/C15H12ClFN4/c16-12-3-6-14(17)11(7-12)8-21-9-19-15(20-21)10-1-4-13(18)5-2-10/h1-7,9H,8,18H2. The molecule has 1 aromatic heterocycles. The second kappa shape index (κ2) is 5.54. The predicted octanol–water partition coefficient (Wildman–Crippen LogP) is 3.37. The van der Waals surface area contributed by atoms with Crippen molar-refractivity contribution in [2.45, 2.75) is 6.54 Å². The number of hydrogen-bond acceptors (Lipinski definition) is 3. The number of benzene rings is 2. The van der Waals surface area contributed by atoms with Gasteiger partial charge in [0, 0.05) is 21.8 Å². The van der Waals surface area contributed by atoms with Gasteiger partial charge in [-0.15, -0.1) is 0 Å². The van der Waals surface area contributed by atoms with Crippen molar-refractivity contribution >= 4 is 17.3 Å². The Balaban J connectivity index is 1.85. The summed E-state index contributed by atoms with van der Waals surface area (Å²) in [5.74, 6) is 0.251. The highest BCUT2D eigenvalue weighted by Gasteiger charge is 2.07. The van der Waals surface area contributed by atoms with Crippen LogP contribution in [0.25, 0.3) is 11.4 Å². The van der Waals surface area contributed by atoms with Crippen LogP contribution in [0, 0.1) is 5.82 Å². The molecule has 0 aliphatic carbocycles. The number of rotatable bonds is 3. The van der Waals surface area contributed by atoms with E-state index >= 15 is 0 Å². The van der Waals surface area contributed by atoms with E-state index in [0.29, 0.717) is 22.1 Å². The Labute approximate surface area is 126 Å². The molecule has 106 valence electrons. The number of nitrogens with zero attached hydrogens (tertiary/aromatic N) is 3. The van der Waals surface area contributed by atoms with Crippen LogP contribution in [0.3, 0.4) is 0 Å². The highest BCUT2D eigenvalue weighted by molar-refractivity contribution is 6.30. The fraction of sp³-hybridized carbons (Fsp3) is 0.0667. The first-order valence-corrected chi connectivity index (χ1v) is 6.69. The molecular weight excluding hydrogens is 291 g/mol. The van der Waals surface area contributed by atoms with Crippen LogP contribution >= 0.6 is 11.6 Å². The first-order chi connectivity index (χ1) is 10.1. The summed E-state index contributed by atoms with van der Waals surface area (Å²) in [5.41, 5.74) is 7.65. The van der Waals surface area contributed by atoms with Crippen molar-refractivity contribution in [3.05, 3.63) is 65.2 Å². The summed E-state index contributed by atoms with van der Waals surface area (Å²) < 4.78 is 15.3. The normalized spacial score (nSPS) is 10.8. The highest BCUT2D eigenvalue weighted by atomic mass is 35.5. The summed E-state index contributed by atoms with van der Waals surface area (Å²) in [4.78, 5) is 4.22. The minimum atomic E-state index is -0.316. The number of anilines is 1. The third kappa shape index (κ3) is 3.03. The van der Waals surface area contributed by atoms with Crippen molar-refractivity contribution < 1.29 is 4.39 Å². The second-order valence-corrected chi connectivity index (χ2v) is 5.06. The van der Waals surface area contributed by atoms with Crippen molar-refractivity contribution in [3.8, 4) is 11.4 Å². The fourth-order valence-electron chi connectivity index (χ4n) is 1.97. The largest absolute Gasteiger partial charge is 0.399 e. The van der Waals surface area contributed by atoms with Gasteiger partial charge < -0.3 is 5.73 Å². The lowest BCUT2D eigenvalue weighted by molar-refractivity contribution is 0.585. The van der Waals surface area contributed by atoms with E-state index in [2.05, 4.69) is 10.1 Å². The maximum Gasteiger partial charge on any atom is 0.181 e. The number of nitrogens with two attached hydrogens (primary N) is 1. The molecule has 0 aliphatic heterocycles. The van der Waals surface area contributed by atoms with E-state index in [-0.39, 0.29) is 12.4 Å². The van der Waals surface area contributed by atoms with Crippen LogP contribution in [-0.2, 0) is 6.54 Å². The van der Waals surface area contributed by atoms with Gasteiger partial charge in [0.15, 0.2) is 5.82 Å². The van der Waals surface area contributed by atoms with Gasteiger partial charge in [-0.3, -0.25) is 0 Å². The summed E-state index contributed by atoms with van der Waals surface area (Å²) in [6.07, 6.45) is 1.56. The number of hydrogen-bond donors (Lipinski definition) is 1. The van der Waals surface area contributed by atoms with Gasteiger partial charge in [-0.1, -0.05) is 11.6 Å². The van der Waals surface area contributed by atoms with E-state index in [4.69, 9.17) is 17.3 Å². The topological polar surface area (TPSA) is 56.7 Å². The Kier molecular flexibility index (Phi) is 3.58. The monoisotopic (exact) mass is 302 g/mol. The first-order valence-electron chi connectivity index (χ1n) is 6.31. The van der Waals surface area contributed by atoms with E-state index in [1.165, 1.54) is 12.1 Å². The van der Waals surface area contributed by atoms with Crippen molar-refractivity contribution in [2.24, 2.45) is 0 Å². The molecule has 4 nitrogen and oxygen atoms in total. The van der Waals surface area contributed by atoms with Crippen molar-refractivity contribution in [1.29, 1.82) is 0 Å². The van der Waals surface area contributed by atoms with E-state index in [1.54, 1.807) is 29.2 Å². The molecule has 3 rings (SSSR count). The lowest BCUT2D eigenvalue weighted by atomic mass is 10.2. The van der Waals surface area contributed by atoms with Crippen LogP contribution in [0.2, 0.25) is 5.02 Å². The van der Waals surface area contributed by atoms with Gasteiger partial charge in [-0.2, -0.15) is 5.10 Å². The highest BCUT2D eigenvalue weighted by Crippen LogP contribution is 2.18. The molecule has 0 amide bonds. The fourth-order valence-corrected chi connectivity index (χ4v) is 2.17. The molecule has 0 spiro atoms. The third-order valence-electron chi connectivity index (χ3n) is 3.05. The van der Waals surface area contributed by atoms with Crippen molar-refractivity contribution in [3.63, 3.8) is 0 Å². The Morgan fingerprint density at radius 3 is 2.67 bits per heavy atom. The first kappa shape index (κ1) is 13.6. The molecule has 2 N–H and O–H groups in total. The van der Waals surface area contributed by atoms with Gasteiger partial charge >= 0.3 is 0 Å². The van der Waals surface area contributed by atoms with Gasteiger partial charge in [0.1, 0.15) is 12.1 Å². The zero-order chi connectivity index (χ0) is 14.8. The lowest BCUT2D eigenvalue weighted by Crippen LogP contribution is -2.02. The molecule has 3 aromatic rings. The Bertz CT molecular complexity index is 768. The molecule has 0 bridgehead atoms. The molecule has 2 aromatic carbocycles. The SMILES string of the molecule is Nc1ccc(-c2ncn(Cc3cc(Cl)ccc3F)n2)cc1. The average molecular weight is 303 g/mol. The lowest BCUT2D eigenvalue weighted by Gasteiger charge is -2.03. The van der Waals surface area contributed by atoms with Crippen LogP contribution in [-0.4, -0.2) is 14.8 Å². The summed E-state index contributed by atoms with van der Waals surface area (Å²) in [7, 11) is 0. The molecule has 6 heteroatoms. The van der Waals surface area contributed by atoms with Gasteiger partial charge in [0.2, 0.25) is 0 Å². The summed E-state index contributed by atoms with van der Waals surface area (Å²) in [5, 5.41) is 4.82. The molecule has 0 atom stereocenters. The Morgan fingerprint density at radius 2 is 1.90 bits per heavy atom. The molecule has 0 unspecified atom stereocenters. The minimum absolute atomic E-state index is 0.272. The van der Waals surface area contributed by atoms with Crippen LogP contribution < -0.4 is 5.73 Å². The third-order valence-corrected chi connectivity index (χ3v) is 3.28. The summed E-state index contributed by atoms with van der Waals surface area (Å²) in [6.45, 7) is 0.272. The summed E-state index contributed by atoms with van der Waals surface area (Å²) >= 11 is 5.88. The van der Waals surface area contributed by atoms with Crippen LogP contribution in [0.5, 0.6) is 0 Å². The maximum atomic E-state index is 13.7. The quantitative estimate of drug-likeness (QED) is 0.755. The van der Waals surface area contributed by atoms with Crippen molar-refractivity contribution in [1.82, 2.24) is 14.8 Å². The van der Waals surface area contributed by atoms with Crippen LogP contribution in [0.15, 0.2) is 48.8 Å². The number of nitrogen functional groups attached to an aromatic ring is 1. The summed E-state index contributed by atoms with van der Waals surface area (Å²) in [6, 6.07) is 11.7. The molecule has 0 saturated heterocycles. The number of aromatic nitrogens is 3. The molecule has 1 heterocycles. The average Bonchev–Trinajstić information content (AvgIpc) is 2.92. The Hall–Kier alpha value is -2.40. The zero-order valence-electron chi connectivity index (χ0n) is 11.0. The van der Waals surface area contributed by atoms with E-state index in [0.717, 1.165) is 5.56 Å². The molecule has 0 aliphatic rings. The smallest absolute Gasteiger partial charge is 0.181 e. The van der Waals surface area contributed by atoms with E-state index in [1.807, 2.05) is 12.1 Å². The van der Waals surface area contributed by atoms with Crippen LogP contribution in [0.4, 0.5) is 10.1 Å². The molecule has 0 saturated carbocycles.